The van der Waals surface area contributed by atoms with Gasteiger partial charge in [0.1, 0.15) is 17.4 Å². The van der Waals surface area contributed by atoms with Gasteiger partial charge in [-0.1, -0.05) is 12.1 Å². The van der Waals surface area contributed by atoms with E-state index in [-0.39, 0.29) is 5.57 Å². The van der Waals surface area contributed by atoms with Gasteiger partial charge in [-0.25, -0.2) is 9.97 Å². The molecule has 2 rings (SSSR count). The average molecular weight is 323 g/mol. The van der Waals surface area contributed by atoms with Gasteiger partial charge in [0.2, 0.25) is 5.95 Å². The van der Waals surface area contributed by atoms with Crippen molar-refractivity contribution in [3.63, 3.8) is 0 Å². The van der Waals surface area contributed by atoms with Crippen LogP contribution in [0.4, 0.5) is 5.95 Å². The van der Waals surface area contributed by atoms with E-state index >= 15 is 0 Å². The fourth-order valence-corrected chi connectivity index (χ4v) is 1.87. The molecular weight excluding hydrogens is 306 g/mol. The van der Waals surface area contributed by atoms with Crippen molar-refractivity contribution in [1.29, 1.82) is 5.26 Å². The summed E-state index contributed by atoms with van der Waals surface area (Å²) in [6, 6.07) is 11.1. The van der Waals surface area contributed by atoms with Crippen molar-refractivity contribution in [2.75, 3.05) is 19.0 Å². The first-order chi connectivity index (χ1) is 11.7. The third-order valence-corrected chi connectivity index (χ3v) is 3.13. The summed E-state index contributed by atoms with van der Waals surface area (Å²) in [5, 5.41) is 14.5. The van der Waals surface area contributed by atoms with Crippen LogP contribution >= 0.6 is 0 Å². The Morgan fingerprint density at radius 1 is 1.29 bits per heavy atom. The molecule has 7 heteroatoms. The van der Waals surface area contributed by atoms with E-state index < -0.39 is 5.91 Å². The molecule has 0 unspecified atom stereocenters. The molecule has 0 atom stereocenters. The standard InChI is InChI=1S/C17H17N5O2/c1-24-15-5-3-13(4-6-15)7-10-19-16(23)14(11-18)12-22-17-20-8-2-9-21-17/h2-6,8-9,12H,7,10H2,1H3,(H,19,23)(H,20,21,22)/b14-12-. The Labute approximate surface area is 140 Å². The molecule has 0 radical (unpaired) electrons. The van der Waals surface area contributed by atoms with Crippen LogP contribution in [0.25, 0.3) is 0 Å². The lowest BCUT2D eigenvalue weighted by atomic mass is 10.1. The lowest BCUT2D eigenvalue weighted by Gasteiger charge is -2.06. The molecule has 2 N–H and O–H groups in total. The van der Waals surface area contributed by atoms with Crippen LogP contribution < -0.4 is 15.4 Å². The summed E-state index contributed by atoms with van der Waals surface area (Å²) in [6.45, 7) is 0.423. The number of carbonyl (C=O) groups excluding carboxylic acids is 1. The van der Waals surface area contributed by atoms with E-state index in [1.165, 1.54) is 6.20 Å². The number of nitrogens with one attached hydrogen (secondary N) is 2. The monoisotopic (exact) mass is 323 g/mol. The number of nitriles is 1. The van der Waals surface area contributed by atoms with Crippen molar-refractivity contribution in [2.45, 2.75) is 6.42 Å². The predicted molar refractivity (Wildman–Crippen MR) is 89.1 cm³/mol. The number of hydrogen-bond donors (Lipinski definition) is 2. The Morgan fingerprint density at radius 2 is 2.00 bits per heavy atom. The lowest BCUT2D eigenvalue weighted by Crippen LogP contribution is -2.27. The number of carbonyl (C=O) groups is 1. The molecule has 0 spiro atoms. The molecule has 0 aliphatic heterocycles. The van der Waals surface area contributed by atoms with E-state index in [4.69, 9.17) is 10.00 Å². The number of nitrogens with zero attached hydrogens (tertiary/aromatic N) is 3. The maximum absolute atomic E-state index is 12.0. The van der Waals surface area contributed by atoms with Crippen LogP contribution in [0.2, 0.25) is 0 Å². The van der Waals surface area contributed by atoms with Gasteiger partial charge in [-0.15, -0.1) is 0 Å². The Bertz CT molecular complexity index is 736. The molecule has 0 saturated carbocycles. The molecule has 1 aromatic heterocycles. The first-order valence-electron chi connectivity index (χ1n) is 7.28. The Balaban J connectivity index is 1.84. The molecule has 0 aliphatic rings. The number of hydrogen-bond acceptors (Lipinski definition) is 6. The summed E-state index contributed by atoms with van der Waals surface area (Å²) in [5.74, 6) is 0.650. The van der Waals surface area contributed by atoms with Crippen molar-refractivity contribution in [3.05, 3.63) is 60.1 Å². The normalized spacial score (nSPS) is 10.6. The van der Waals surface area contributed by atoms with E-state index in [2.05, 4.69) is 20.6 Å². The molecular formula is C17H17N5O2. The summed E-state index contributed by atoms with van der Waals surface area (Å²) in [6.07, 6.45) is 5.07. The number of ether oxygens (including phenoxy) is 1. The Hall–Kier alpha value is -3.40. The molecule has 1 aromatic carbocycles. The molecule has 0 saturated heterocycles. The first-order valence-corrected chi connectivity index (χ1v) is 7.28. The second kappa shape index (κ2) is 8.90. The number of benzene rings is 1. The van der Waals surface area contributed by atoms with Crippen LogP contribution in [0.3, 0.4) is 0 Å². The first kappa shape index (κ1) is 17.0. The molecule has 0 fully saturated rings. The Morgan fingerprint density at radius 3 is 2.62 bits per heavy atom. The van der Waals surface area contributed by atoms with Gasteiger partial charge in [0, 0.05) is 25.1 Å². The van der Waals surface area contributed by atoms with Crippen molar-refractivity contribution in [3.8, 4) is 11.8 Å². The molecule has 122 valence electrons. The minimum Gasteiger partial charge on any atom is -0.497 e. The van der Waals surface area contributed by atoms with Gasteiger partial charge in [-0.3, -0.25) is 4.79 Å². The van der Waals surface area contributed by atoms with Crippen molar-refractivity contribution in [1.82, 2.24) is 15.3 Å². The number of aromatic nitrogens is 2. The van der Waals surface area contributed by atoms with Crippen molar-refractivity contribution < 1.29 is 9.53 Å². The molecule has 1 heterocycles. The predicted octanol–water partition coefficient (Wildman–Crippen LogP) is 1.66. The summed E-state index contributed by atoms with van der Waals surface area (Å²) < 4.78 is 5.09. The number of anilines is 1. The van der Waals surface area contributed by atoms with E-state index in [1.54, 1.807) is 25.6 Å². The van der Waals surface area contributed by atoms with E-state index in [0.29, 0.717) is 18.9 Å². The molecule has 2 aromatic rings. The Kier molecular flexibility index (Phi) is 6.29. The fraction of sp³-hybridized carbons (Fsp3) is 0.176. The summed E-state index contributed by atoms with van der Waals surface area (Å²) in [7, 11) is 1.61. The summed E-state index contributed by atoms with van der Waals surface area (Å²) >= 11 is 0. The van der Waals surface area contributed by atoms with Gasteiger partial charge in [0.15, 0.2) is 0 Å². The molecule has 1 amide bonds. The average Bonchev–Trinajstić information content (AvgIpc) is 2.63. The van der Waals surface area contributed by atoms with Crippen LogP contribution in [-0.2, 0) is 11.2 Å². The third-order valence-electron chi connectivity index (χ3n) is 3.13. The fourth-order valence-electron chi connectivity index (χ4n) is 1.87. The van der Waals surface area contributed by atoms with E-state index in [9.17, 15) is 4.79 Å². The van der Waals surface area contributed by atoms with Gasteiger partial charge in [-0.2, -0.15) is 5.26 Å². The molecule has 7 nitrogen and oxygen atoms in total. The maximum atomic E-state index is 12.0. The summed E-state index contributed by atoms with van der Waals surface area (Å²) in [5.41, 5.74) is 1.02. The highest BCUT2D eigenvalue weighted by atomic mass is 16.5. The minimum absolute atomic E-state index is 0.0443. The maximum Gasteiger partial charge on any atom is 0.263 e. The highest BCUT2D eigenvalue weighted by Gasteiger charge is 2.08. The van der Waals surface area contributed by atoms with Crippen LogP contribution in [-0.4, -0.2) is 29.5 Å². The molecule has 24 heavy (non-hydrogen) atoms. The largest absolute Gasteiger partial charge is 0.497 e. The molecule has 0 aliphatic carbocycles. The molecule has 0 bridgehead atoms. The minimum atomic E-state index is -0.450. The smallest absolute Gasteiger partial charge is 0.263 e. The highest BCUT2D eigenvalue weighted by Crippen LogP contribution is 2.11. The summed E-state index contributed by atoms with van der Waals surface area (Å²) in [4.78, 5) is 19.9. The van der Waals surface area contributed by atoms with Gasteiger partial charge < -0.3 is 15.4 Å². The second-order valence-electron chi connectivity index (χ2n) is 4.74. The van der Waals surface area contributed by atoms with Crippen LogP contribution in [0.15, 0.2) is 54.5 Å². The van der Waals surface area contributed by atoms with Crippen LogP contribution in [0.5, 0.6) is 5.75 Å². The number of rotatable bonds is 7. The SMILES string of the molecule is COc1ccc(CCNC(=O)/C(C#N)=C\Nc2ncccn2)cc1. The van der Waals surface area contributed by atoms with Gasteiger partial charge in [-0.05, 0) is 30.2 Å². The zero-order valence-corrected chi connectivity index (χ0v) is 13.2. The van der Waals surface area contributed by atoms with Gasteiger partial charge >= 0.3 is 0 Å². The zero-order chi connectivity index (χ0) is 17.2. The van der Waals surface area contributed by atoms with Crippen LogP contribution in [0, 0.1) is 11.3 Å². The van der Waals surface area contributed by atoms with Crippen molar-refractivity contribution in [2.24, 2.45) is 0 Å². The topological polar surface area (TPSA) is 99.9 Å². The lowest BCUT2D eigenvalue weighted by molar-refractivity contribution is -0.117. The van der Waals surface area contributed by atoms with Crippen molar-refractivity contribution >= 4 is 11.9 Å². The zero-order valence-electron chi connectivity index (χ0n) is 13.2. The third kappa shape index (κ3) is 5.10. The second-order valence-corrected chi connectivity index (χ2v) is 4.74. The quantitative estimate of drug-likeness (QED) is 0.594. The number of amides is 1. The van der Waals surface area contributed by atoms with E-state index in [1.807, 2.05) is 30.3 Å². The van der Waals surface area contributed by atoms with Gasteiger partial charge in [0.05, 0.1) is 7.11 Å². The van der Waals surface area contributed by atoms with E-state index in [0.717, 1.165) is 11.3 Å². The number of methoxy groups -OCH3 is 1. The highest BCUT2D eigenvalue weighted by molar-refractivity contribution is 5.97. The van der Waals surface area contributed by atoms with Gasteiger partial charge in [0.25, 0.3) is 5.91 Å². The van der Waals surface area contributed by atoms with Crippen LogP contribution in [0.1, 0.15) is 5.56 Å².